The number of rotatable bonds is 0. The van der Waals surface area contributed by atoms with Crippen molar-refractivity contribution in [3.05, 3.63) is 3.74 Å². The Labute approximate surface area is 89.6 Å². The van der Waals surface area contributed by atoms with E-state index in [1.807, 2.05) is 0 Å². The van der Waals surface area contributed by atoms with Gasteiger partial charge in [-0.3, -0.25) is 0 Å². The van der Waals surface area contributed by atoms with Crippen molar-refractivity contribution in [1.29, 1.82) is 0 Å². The Morgan fingerprint density at radius 3 is 1.86 bits per heavy atom. The van der Waals surface area contributed by atoms with E-state index in [1.54, 1.807) is 0 Å². The van der Waals surface area contributed by atoms with Gasteiger partial charge in [0.15, 0.2) is 3.74 Å². The van der Waals surface area contributed by atoms with Gasteiger partial charge in [0.2, 0.25) is 0 Å². The number of hydrogen-bond acceptors (Lipinski definition) is 0. The molecule has 4 heteroatoms. The molecule has 0 aliphatic carbocycles. The van der Waals surface area contributed by atoms with Crippen LogP contribution in [0.1, 0.15) is 4.28 Å². The van der Waals surface area contributed by atoms with Gasteiger partial charge in [0.1, 0.15) is 0 Å². The molecule has 5 radical (unpaired) electrons. The fourth-order valence-corrected chi connectivity index (χ4v) is 0.964. The molecule has 0 heterocycles. The second kappa shape index (κ2) is 7.80. The molecule has 0 nitrogen and oxygen atoms in total. The summed E-state index contributed by atoms with van der Waals surface area (Å²) < 4.78 is 0.756. The second-order valence-corrected chi connectivity index (χ2v) is 3.53. The Kier molecular flexibility index (Phi) is 12.9. The zero-order valence-electron chi connectivity index (χ0n) is 3.13. The predicted molar refractivity (Wildman–Crippen MR) is 49.9 cm³/mol. The predicted octanol–water partition coefficient (Wildman–Crippen LogP) is 2.98. The van der Waals surface area contributed by atoms with Gasteiger partial charge in [-0.2, -0.15) is 0 Å². The van der Waals surface area contributed by atoms with Crippen LogP contribution < -0.4 is 0 Å². The summed E-state index contributed by atoms with van der Waals surface area (Å²) in [5, 5.41) is 0. The molecule has 0 rings (SSSR count). The van der Waals surface area contributed by atoms with E-state index < -0.39 is 0 Å². The van der Waals surface area contributed by atoms with Crippen LogP contribution in [0.3, 0.4) is 0 Å². The average Bonchev–Trinajstić information content (AvgIpc) is 1.35. The van der Waals surface area contributed by atoms with Gasteiger partial charge in [0.05, 0.1) is 0 Å². The van der Waals surface area contributed by atoms with Gasteiger partial charge in [-0.25, -0.2) is 0 Å². The summed E-state index contributed by atoms with van der Waals surface area (Å²) in [5.74, 6) is 2.62. The molecule has 0 atom stereocenters. The van der Waals surface area contributed by atoms with Crippen LogP contribution >= 0.6 is 47.8 Å². The van der Waals surface area contributed by atoms with Crippen LogP contribution in [0.4, 0.5) is 0 Å². The van der Waals surface area contributed by atoms with E-state index >= 15 is 0 Å². The monoisotopic (exact) mass is 399 g/mol. The zero-order chi connectivity index (χ0) is 4.99. The van der Waals surface area contributed by atoms with E-state index in [-0.39, 0.29) is 28.2 Å². The van der Waals surface area contributed by atoms with Crippen molar-refractivity contribution >= 4 is 71.7 Å². The molecule has 0 amide bonds. The molecule has 0 aromatic carbocycles. The van der Waals surface area contributed by atoms with Crippen LogP contribution in [-0.4, -0.2) is 23.9 Å². The third kappa shape index (κ3) is 11.4. The van der Waals surface area contributed by atoms with Crippen molar-refractivity contribution in [2.24, 2.45) is 0 Å². The molecule has 0 N–H and O–H groups in total. The van der Waals surface area contributed by atoms with E-state index in [2.05, 4.69) is 58.5 Å². The van der Waals surface area contributed by atoms with E-state index in [0.717, 1.165) is 3.74 Å². The van der Waals surface area contributed by atoms with Crippen molar-refractivity contribution in [3.8, 4) is 10.8 Å². The Hall–Kier alpha value is 1.80. The molecule has 43 valence electrons. The van der Waals surface area contributed by atoms with Crippen molar-refractivity contribution < 1.29 is 4.28 Å². The van der Waals surface area contributed by atoms with Crippen molar-refractivity contribution in [2.45, 2.75) is 0 Å². The molecule has 0 fully saturated rings. The minimum Gasteiger partial charge on any atom is -0.0570 e. The third-order valence-corrected chi connectivity index (χ3v) is 0.736. The molecule has 0 saturated heterocycles. The molecule has 0 unspecified atom stereocenters. The number of hydrogen-bond donors (Lipinski definition) is 0. The van der Waals surface area contributed by atoms with Crippen LogP contribution in [-0.2, 0) is 0 Å². The minimum absolute atomic E-state index is 0. The fraction of sp³-hybridized carbons (Fsp3) is 0. The maximum atomic E-state index is 3.06. The van der Waals surface area contributed by atoms with Gasteiger partial charge in [-0.15, -0.1) is 0 Å². The second-order valence-electron chi connectivity index (χ2n) is 0.480. The molecular weight excluding hydrogens is 394 g/mol. The summed E-state index contributed by atoms with van der Waals surface area (Å²) in [6, 6.07) is 0. The average molecular weight is 401 g/mol. The molecule has 0 aliphatic heterocycles. The van der Waals surface area contributed by atoms with Crippen LogP contribution in [0, 0.1) is 14.5 Å². The molecule has 0 aromatic rings. The van der Waals surface area contributed by atoms with Gasteiger partial charge < -0.3 is 0 Å². The topological polar surface area (TPSA) is 0 Å². The Balaban J connectivity index is -0.0000000208. The molecule has 0 spiro atoms. The van der Waals surface area contributed by atoms with Gasteiger partial charge in [0, 0.05) is 44.1 Å². The molecule has 0 saturated carbocycles. The summed E-state index contributed by atoms with van der Waals surface area (Å²) in [5.41, 5.74) is 0. The smallest absolute Gasteiger partial charge is 0.0570 e. The minimum atomic E-state index is 0. The quantitative estimate of drug-likeness (QED) is 0.433. The Bertz CT molecular complexity index is 88.7. The first-order valence-corrected chi connectivity index (χ1v) is 3.45. The van der Waals surface area contributed by atoms with Gasteiger partial charge in [-0.05, 0) is 4.83 Å². The maximum Gasteiger partial charge on any atom is 0.177 e. The third-order valence-electron chi connectivity index (χ3n) is 0.142. The van der Waals surface area contributed by atoms with E-state index in [0.29, 0.717) is 0 Å². The van der Waals surface area contributed by atoms with Crippen LogP contribution in [0.25, 0.3) is 0 Å². The maximum absolute atomic E-state index is 3.06. The zero-order valence-corrected chi connectivity index (χ0v) is 10.7. The van der Waals surface area contributed by atoms with Gasteiger partial charge in [0.25, 0.3) is 0 Å². The summed E-state index contributed by atoms with van der Waals surface area (Å²) in [6.07, 6.45) is 0. The fourth-order valence-electron chi connectivity index (χ4n) is 0.0357. The van der Waals surface area contributed by atoms with Crippen LogP contribution in [0.5, 0.6) is 0 Å². The summed E-state index contributed by atoms with van der Waals surface area (Å²) in [7, 11) is 0. The van der Waals surface area contributed by atoms with Gasteiger partial charge in [-0.1, -0.05) is 37.8 Å². The van der Waals surface area contributed by atoms with E-state index in [4.69, 9.17) is 0 Å². The van der Waals surface area contributed by atoms with Crippen LogP contribution in [0.15, 0.2) is 0 Å². The largest absolute Gasteiger partial charge is 0.177 e. The SMILES string of the molecule is BrC#C[C](Br)Br.[HH].[HH].[HH].[Sn]. The first-order valence-electron chi connectivity index (χ1n) is 1.07. The molecular formula is C3H6Br3Sn. The molecule has 7 heavy (non-hydrogen) atoms. The van der Waals surface area contributed by atoms with Crippen LogP contribution in [0.2, 0.25) is 0 Å². The van der Waals surface area contributed by atoms with E-state index in [1.165, 1.54) is 0 Å². The molecule has 0 aromatic heterocycles. The van der Waals surface area contributed by atoms with Crippen molar-refractivity contribution in [1.82, 2.24) is 0 Å². The standard InChI is InChI=1S/C3Br3.Sn.3H2/c4-2-1-3(5)6;;;;/h;;3*1H. The van der Waals surface area contributed by atoms with E-state index in [9.17, 15) is 0 Å². The normalized spacial score (nSPS) is 6.29. The molecule has 0 aliphatic rings. The van der Waals surface area contributed by atoms with Gasteiger partial charge >= 0.3 is 0 Å². The first kappa shape index (κ1) is 11.6. The first-order chi connectivity index (χ1) is 2.77. The Morgan fingerprint density at radius 1 is 1.43 bits per heavy atom. The van der Waals surface area contributed by atoms with Crippen molar-refractivity contribution in [2.75, 3.05) is 0 Å². The molecule has 0 bridgehead atoms. The van der Waals surface area contributed by atoms with Crippen molar-refractivity contribution in [3.63, 3.8) is 0 Å². The summed E-state index contributed by atoms with van der Waals surface area (Å²) >= 11 is 9.04. The Morgan fingerprint density at radius 2 is 1.86 bits per heavy atom. The summed E-state index contributed by atoms with van der Waals surface area (Å²) in [4.78, 5) is 2.50. The summed E-state index contributed by atoms with van der Waals surface area (Å²) in [6.45, 7) is 0. The number of halogens is 3.